The number of methoxy groups -OCH3 is 1. The summed E-state index contributed by atoms with van der Waals surface area (Å²) in [4.78, 5) is 10.5. The fourth-order valence-electron chi connectivity index (χ4n) is 0.454. The number of nitrogens with zero attached hydrogens (tertiary/aromatic N) is 1. The molecule has 62 valence electrons. The van der Waals surface area contributed by atoms with Gasteiger partial charge in [-0.3, -0.25) is 0 Å². The van der Waals surface area contributed by atoms with Gasteiger partial charge in [0, 0.05) is 6.08 Å². The van der Waals surface area contributed by atoms with Gasteiger partial charge in [0.2, 0.25) is 0 Å². The summed E-state index contributed by atoms with van der Waals surface area (Å²) in [6.07, 6.45) is 3.19. The Morgan fingerprint density at radius 1 is 1.64 bits per heavy atom. The number of allylic oxidation sites excluding steroid dienone is 1. The van der Waals surface area contributed by atoms with E-state index in [2.05, 4.69) is 9.89 Å². The highest BCUT2D eigenvalue weighted by molar-refractivity contribution is 5.98. The lowest BCUT2D eigenvalue weighted by atomic mass is 10.3. The Morgan fingerprint density at radius 3 is 2.64 bits per heavy atom. The third-order valence-corrected chi connectivity index (χ3v) is 1.10. The molecule has 0 fully saturated rings. The number of oxime groups is 1. The first-order valence-corrected chi connectivity index (χ1v) is 3.21. The van der Waals surface area contributed by atoms with Crippen LogP contribution in [0.4, 0.5) is 0 Å². The van der Waals surface area contributed by atoms with Gasteiger partial charge in [0.05, 0.1) is 12.8 Å². The van der Waals surface area contributed by atoms with Crippen molar-refractivity contribution in [2.24, 2.45) is 5.16 Å². The van der Waals surface area contributed by atoms with Crippen molar-refractivity contribution in [3.05, 3.63) is 12.2 Å². The number of rotatable bonds is 3. The number of carbonyl (C=O) groups is 1. The molecule has 0 saturated heterocycles. The molecule has 0 aromatic heterocycles. The lowest BCUT2D eigenvalue weighted by Crippen LogP contribution is -1.97. The zero-order chi connectivity index (χ0) is 8.69. The Bertz CT molecular complexity index is 184. The Hall–Kier alpha value is -1.32. The summed E-state index contributed by atoms with van der Waals surface area (Å²) in [5.74, 6) is -0.459. The summed E-state index contributed by atoms with van der Waals surface area (Å²) >= 11 is 0. The maximum Gasteiger partial charge on any atom is 0.330 e. The van der Waals surface area contributed by atoms with Gasteiger partial charge >= 0.3 is 5.97 Å². The van der Waals surface area contributed by atoms with Crippen LogP contribution in [-0.2, 0) is 9.53 Å². The number of carbonyl (C=O) groups excluding carboxylic acids is 1. The summed E-state index contributed by atoms with van der Waals surface area (Å²) < 4.78 is 4.33. The van der Waals surface area contributed by atoms with Crippen molar-refractivity contribution in [1.82, 2.24) is 0 Å². The SMILES string of the molecule is CCC(/C=C/C(=O)OC)=N\O. The van der Waals surface area contributed by atoms with E-state index in [-0.39, 0.29) is 0 Å². The van der Waals surface area contributed by atoms with Crippen molar-refractivity contribution >= 4 is 11.7 Å². The second-order valence-electron chi connectivity index (χ2n) is 1.80. The van der Waals surface area contributed by atoms with Gasteiger partial charge in [-0.2, -0.15) is 0 Å². The lowest BCUT2D eigenvalue weighted by Gasteiger charge is -1.91. The Balaban J connectivity index is 4.00. The third-order valence-electron chi connectivity index (χ3n) is 1.10. The van der Waals surface area contributed by atoms with Crippen LogP contribution in [0, 0.1) is 0 Å². The zero-order valence-electron chi connectivity index (χ0n) is 6.57. The molecule has 0 bridgehead atoms. The van der Waals surface area contributed by atoms with Crippen LogP contribution in [0.1, 0.15) is 13.3 Å². The second-order valence-corrected chi connectivity index (χ2v) is 1.80. The molecule has 0 heterocycles. The van der Waals surface area contributed by atoms with Gasteiger partial charge in [-0.25, -0.2) is 4.79 Å². The lowest BCUT2D eigenvalue weighted by molar-refractivity contribution is -0.134. The second kappa shape index (κ2) is 5.46. The third kappa shape index (κ3) is 4.13. The van der Waals surface area contributed by atoms with Crippen LogP contribution in [0.15, 0.2) is 17.3 Å². The van der Waals surface area contributed by atoms with Crippen molar-refractivity contribution < 1.29 is 14.7 Å². The Morgan fingerprint density at radius 2 is 2.27 bits per heavy atom. The van der Waals surface area contributed by atoms with Crippen LogP contribution in [0.3, 0.4) is 0 Å². The quantitative estimate of drug-likeness (QED) is 0.218. The standard InChI is InChI=1S/C7H11NO3/c1-3-6(8-10)4-5-7(9)11-2/h4-5,10H,3H2,1-2H3/b5-4+,8-6+. The molecule has 0 aliphatic carbocycles. The zero-order valence-corrected chi connectivity index (χ0v) is 6.57. The predicted molar refractivity (Wildman–Crippen MR) is 40.7 cm³/mol. The molecule has 0 saturated carbocycles. The molecule has 0 atom stereocenters. The highest BCUT2D eigenvalue weighted by atomic mass is 16.5. The van der Waals surface area contributed by atoms with E-state index in [4.69, 9.17) is 5.21 Å². The van der Waals surface area contributed by atoms with Crippen molar-refractivity contribution in [3.63, 3.8) is 0 Å². The molecule has 0 rings (SSSR count). The number of hydrogen-bond acceptors (Lipinski definition) is 4. The van der Waals surface area contributed by atoms with E-state index in [9.17, 15) is 4.79 Å². The molecule has 0 aliphatic heterocycles. The molecule has 0 amide bonds. The topological polar surface area (TPSA) is 58.9 Å². The van der Waals surface area contributed by atoms with Crippen molar-refractivity contribution in [1.29, 1.82) is 0 Å². The molecule has 1 N–H and O–H groups in total. The fourth-order valence-corrected chi connectivity index (χ4v) is 0.454. The van der Waals surface area contributed by atoms with Crippen LogP contribution >= 0.6 is 0 Å². The fraction of sp³-hybridized carbons (Fsp3) is 0.429. The van der Waals surface area contributed by atoms with E-state index in [1.807, 2.05) is 6.92 Å². The van der Waals surface area contributed by atoms with Gasteiger partial charge in [-0.1, -0.05) is 12.1 Å². The minimum Gasteiger partial charge on any atom is -0.466 e. The highest BCUT2D eigenvalue weighted by Gasteiger charge is 1.93. The average Bonchev–Trinajstić information content (AvgIpc) is 2.06. The largest absolute Gasteiger partial charge is 0.466 e. The van der Waals surface area contributed by atoms with Crippen molar-refractivity contribution in [2.45, 2.75) is 13.3 Å². The van der Waals surface area contributed by atoms with Gasteiger partial charge in [-0.15, -0.1) is 0 Å². The molecule has 0 aliphatic rings. The number of ether oxygens (including phenoxy) is 1. The molecule has 11 heavy (non-hydrogen) atoms. The molecule has 0 aromatic carbocycles. The van der Waals surface area contributed by atoms with Crippen LogP contribution < -0.4 is 0 Å². The molecule has 4 heteroatoms. The highest BCUT2D eigenvalue weighted by Crippen LogP contribution is 1.88. The first kappa shape index (κ1) is 9.68. The van der Waals surface area contributed by atoms with Gasteiger partial charge in [0.15, 0.2) is 0 Å². The maximum absolute atomic E-state index is 10.5. The average molecular weight is 157 g/mol. The van der Waals surface area contributed by atoms with E-state index >= 15 is 0 Å². The Labute approximate surface area is 65.2 Å². The Kier molecular flexibility index (Phi) is 4.81. The van der Waals surface area contributed by atoms with E-state index in [0.29, 0.717) is 12.1 Å². The predicted octanol–water partition coefficient (Wildman–Crippen LogP) is 0.956. The van der Waals surface area contributed by atoms with E-state index in [1.165, 1.54) is 19.3 Å². The molecule has 0 radical (unpaired) electrons. The summed E-state index contributed by atoms with van der Waals surface area (Å²) in [6.45, 7) is 1.82. The summed E-state index contributed by atoms with van der Waals surface area (Å²) in [5, 5.41) is 11.2. The minimum absolute atomic E-state index is 0.440. The normalized spacial score (nSPS) is 12.0. The number of hydrogen-bond donors (Lipinski definition) is 1. The van der Waals surface area contributed by atoms with Crippen LogP contribution in [-0.4, -0.2) is 24.0 Å². The van der Waals surface area contributed by atoms with Gasteiger partial charge in [0.1, 0.15) is 0 Å². The monoisotopic (exact) mass is 157 g/mol. The van der Waals surface area contributed by atoms with Gasteiger partial charge in [-0.05, 0) is 12.5 Å². The van der Waals surface area contributed by atoms with Crippen molar-refractivity contribution in [3.8, 4) is 0 Å². The van der Waals surface area contributed by atoms with Gasteiger partial charge in [0.25, 0.3) is 0 Å². The van der Waals surface area contributed by atoms with E-state index in [0.717, 1.165) is 0 Å². The first-order chi connectivity index (χ1) is 5.24. The summed E-state index contributed by atoms with van der Waals surface area (Å²) in [7, 11) is 1.29. The molecule has 0 unspecified atom stereocenters. The molecular weight excluding hydrogens is 146 g/mol. The van der Waals surface area contributed by atoms with E-state index < -0.39 is 5.97 Å². The van der Waals surface area contributed by atoms with Gasteiger partial charge < -0.3 is 9.94 Å². The van der Waals surface area contributed by atoms with E-state index in [1.54, 1.807) is 0 Å². The maximum atomic E-state index is 10.5. The molecular formula is C7H11NO3. The summed E-state index contributed by atoms with van der Waals surface area (Å²) in [5.41, 5.74) is 0.440. The van der Waals surface area contributed by atoms with Crippen LogP contribution in [0.2, 0.25) is 0 Å². The summed E-state index contributed by atoms with van der Waals surface area (Å²) in [6, 6.07) is 0. The molecule has 0 spiro atoms. The molecule has 4 nitrogen and oxygen atoms in total. The van der Waals surface area contributed by atoms with Crippen LogP contribution in [0.5, 0.6) is 0 Å². The first-order valence-electron chi connectivity index (χ1n) is 3.21. The molecule has 0 aromatic rings. The van der Waals surface area contributed by atoms with Crippen LogP contribution in [0.25, 0.3) is 0 Å². The number of esters is 1. The van der Waals surface area contributed by atoms with Crippen molar-refractivity contribution in [2.75, 3.05) is 7.11 Å². The smallest absolute Gasteiger partial charge is 0.330 e. The minimum atomic E-state index is -0.459.